The van der Waals surface area contributed by atoms with Gasteiger partial charge in [-0.1, -0.05) is 10.6 Å². The van der Waals surface area contributed by atoms with Crippen molar-refractivity contribution in [2.75, 3.05) is 26.8 Å². The fraction of sp³-hybridized carbons (Fsp3) is 0.429. The molecule has 1 aliphatic carbocycles. The number of allylic oxidation sites excluding steroid dienone is 1. The highest BCUT2D eigenvalue weighted by Crippen LogP contribution is 2.41. The quantitative estimate of drug-likeness (QED) is 0.281. The van der Waals surface area contributed by atoms with E-state index in [1.54, 1.807) is 0 Å². The van der Waals surface area contributed by atoms with Crippen LogP contribution >= 0.6 is 47.8 Å². The molecule has 1 heterocycles. The molecular weight excluding hydrogens is 625 g/mol. The number of nitrogens with zero attached hydrogens (tertiary/aromatic N) is 1. The topological polar surface area (TPSA) is 115 Å². The number of methoxy groups -OCH3 is 1. The number of aliphatic hydroxyl groups is 1. The van der Waals surface area contributed by atoms with Gasteiger partial charge in [-0.05, 0) is 90.9 Å². The summed E-state index contributed by atoms with van der Waals surface area (Å²) in [6.07, 6.45) is 1.83. The minimum Gasteiger partial charge on any atom is -0.496 e. The molecule has 176 valence electrons. The van der Waals surface area contributed by atoms with Gasteiger partial charge in [-0.2, -0.15) is 0 Å². The first kappa shape index (κ1) is 26.3. The van der Waals surface area contributed by atoms with Crippen LogP contribution in [0.5, 0.6) is 5.75 Å². The van der Waals surface area contributed by atoms with Crippen LogP contribution < -0.4 is 15.8 Å². The molecule has 4 N–H and O–H groups in total. The van der Waals surface area contributed by atoms with Gasteiger partial charge in [-0.3, -0.25) is 4.79 Å². The van der Waals surface area contributed by atoms with E-state index < -0.39 is 11.7 Å². The largest absolute Gasteiger partial charge is 0.496 e. The van der Waals surface area contributed by atoms with Crippen molar-refractivity contribution in [1.82, 2.24) is 5.32 Å². The van der Waals surface area contributed by atoms with E-state index in [9.17, 15) is 9.90 Å². The number of hydrogen-bond donors (Lipinski definition) is 3. The Balaban J connectivity index is 1.48. The maximum Gasteiger partial charge on any atom is 0.269 e. The van der Waals surface area contributed by atoms with E-state index in [-0.39, 0.29) is 23.5 Å². The van der Waals surface area contributed by atoms with Crippen molar-refractivity contribution in [3.05, 3.63) is 48.4 Å². The molecule has 1 spiro atoms. The predicted octanol–water partition coefficient (Wildman–Crippen LogP) is 2.79. The van der Waals surface area contributed by atoms with Gasteiger partial charge in [0.1, 0.15) is 31.2 Å². The Morgan fingerprint density at radius 3 is 2.73 bits per heavy atom. The van der Waals surface area contributed by atoms with Gasteiger partial charge in [0.2, 0.25) is 0 Å². The molecule has 0 aromatic heterocycles. The fourth-order valence-corrected chi connectivity index (χ4v) is 5.81. The van der Waals surface area contributed by atoms with Crippen LogP contribution in [0.15, 0.2) is 48.0 Å². The number of oxime groups is 1. The third-order valence-corrected chi connectivity index (χ3v) is 7.13. The van der Waals surface area contributed by atoms with Crippen molar-refractivity contribution in [1.29, 1.82) is 0 Å². The van der Waals surface area contributed by atoms with E-state index in [4.69, 9.17) is 27.9 Å². The number of amides is 1. The van der Waals surface area contributed by atoms with Gasteiger partial charge in [0.15, 0.2) is 5.60 Å². The zero-order valence-electron chi connectivity index (χ0n) is 17.9. The van der Waals surface area contributed by atoms with Crippen LogP contribution in [0, 0.1) is 0 Å². The van der Waals surface area contributed by atoms with E-state index in [1.807, 2.05) is 12.1 Å². The number of rotatable bonds is 9. The average molecular weight is 648 g/mol. The molecule has 2 radical (unpaired) electrons. The molecule has 1 aromatic carbocycles. The number of hydrogen-bond acceptors (Lipinski definition) is 7. The van der Waals surface area contributed by atoms with Crippen molar-refractivity contribution in [2.24, 2.45) is 10.9 Å². The van der Waals surface area contributed by atoms with Gasteiger partial charge in [-0.15, -0.1) is 0 Å². The summed E-state index contributed by atoms with van der Waals surface area (Å²) in [7, 11) is 7.45. The normalized spacial score (nSPS) is 22.1. The molecule has 0 unspecified atom stereocenters. The molecule has 33 heavy (non-hydrogen) atoms. The number of halogens is 3. The Morgan fingerprint density at radius 2 is 2.09 bits per heavy atom. The Bertz CT molecular complexity index is 994. The Hall–Kier alpha value is -1.34. The lowest BCUT2D eigenvalue weighted by Gasteiger charge is -2.34. The molecule has 3 rings (SSSR count). The van der Waals surface area contributed by atoms with Crippen LogP contribution in [0.3, 0.4) is 0 Å². The van der Waals surface area contributed by atoms with E-state index in [0.717, 1.165) is 20.9 Å². The van der Waals surface area contributed by atoms with E-state index in [1.165, 1.54) is 13.2 Å². The third kappa shape index (κ3) is 5.84. The van der Waals surface area contributed by atoms with Gasteiger partial charge in [0.25, 0.3) is 5.91 Å². The summed E-state index contributed by atoms with van der Waals surface area (Å²) >= 11 is 10.3. The first-order valence-electron chi connectivity index (χ1n) is 10.2. The summed E-state index contributed by atoms with van der Waals surface area (Å²) < 4.78 is 13.0. The molecule has 0 bridgehead atoms. The van der Waals surface area contributed by atoms with E-state index in [0.29, 0.717) is 42.1 Å². The summed E-state index contributed by atoms with van der Waals surface area (Å²) in [6, 6.07) is 3.96. The average Bonchev–Trinajstić information content (AvgIpc) is 3.19. The summed E-state index contributed by atoms with van der Waals surface area (Å²) in [5.74, 6) is 0.640. The molecule has 1 aromatic rings. The smallest absolute Gasteiger partial charge is 0.269 e. The van der Waals surface area contributed by atoms with Gasteiger partial charge in [0.05, 0.1) is 27.1 Å². The number of aliphatic hydroxyl groups excluding tert-OH is 1. The van der Waals surface area contributed by atoms with Gasteiger partial charge in [0, 0.05) is 13.0 Å². The van der Waals surface area contributed by atoms with E-state index in [2.05, 4.69) is 58.3 Å². The number of benzene rings is 1. The zero-order valence-corrected chi connectivity index (χ0v) is 22.6. The standard InChI is InChI=1S/C21H23BBr3N3O5/c1-31-17-12(22)9-21(19(29)16(17)25)10-15(28-33-21)20(30)27-5-2-6-32-18-13(23)7-11(3-4-26)8-14(18)24/h7-9,19,29H,2-6,10,26H2,1H3,(H,27,30)/t19-,21+/m1/s1. The SMILES string of the molecule is [B]C1=C[C@]2(CC(C(=O)NCCCOc3c(Br)cc(CCN)cc3Br)=NO2)[C@H](O)C(Br)=C1OC. The lowest BCUT2D eigenvalue weighted by Crippen LogP contribution is -2.45. The Labute approximate surface area is 218 Å². The van der Waals surface area contributed by atoms with Crippen LogP contribution in [0.25, 0.3) is 0 Å². The predicted molar refractivity (Wildman–Crippen MR) is 136 cm³/mol. The number of ether oxygens (including phenoxy) is 2. The third-order valence-electron chi connectivity index (χ3n) is 5.16. The number of carbonyl (C=O) groups is 1. The van der Waals surface area contributed by atoms with Crippen molar-refractivity contribution < 1.29 is 24.2 Å². The van der Waals surface area contributed by atoms with Gasteiger partial charge in [-0.25, -0.2) is 0 Å². The maximum absolute atomic E-state index is 12.5. The van der Waals surface area contributed by atoms with Crippen LogP contribution in [-0.4, -0.2) is 63.1 Å². The molecule has 1 amide bonds. The first-order valence-corrected chi connectivity index (χ1v) is 12.5. The summed E-state index contributed by atoms with van der Waals surface area (Å²) in [5, 5.41) is 17.3. The molecule has 1 aliphatic heterocycles. The highest BCUT2D eigenvalue weighted by Gasteiger charge is 2.50. The molecule has 2 atom stereocenters. The highest BCUT2D eigenvalue weighted by molar-refractivity contribution is 9.12. The Kier molecular flexibility index (Phi) is 9.07. The van der Waals surface area contributed by atoms with E-state index >= 15 is 0 Å². The fourth-order valence-electron chi connectivity index (χ4n) is 3.52. The lowest BCUT2D eigenvalue weighted by atomic mass is 9.78. The first-order chi connectivity index (χ1) is 15.7. The molecule has 0 saturated heterocycles. The summed E-state index contributed by atoms with van der Waals surface area (Å²) in [4.78, 5) is 18.0. The minimum atomic E-state index is -1.25. The summed E-state index contributed by atoms with van der Waals surface area (Å²) in [5.41, 5.74) is 5.92. The van der Waals surface area contributed by atoms with Gasteiger partial charge >= 0.3 is 0 Å². The molecule has 8 nitrogen and oxygen atoms in total. The molecule has 2 aliphatic rings. The number of nitrogens with two attached hydrogens (primary N) is 1. The van der Waals surface area contributed by atoms with Crippen molar-refractivity contribution in [3.8, 4) is 5.75 Å². The lowest BCUT2D eigenvalue weighted by molar-refractivity contribution is -0.114. The zero-order chi connectivity index (χ0) is 24.2. The number of nitrogens with one attached hydrogen (secondary N) is 1. The Morgan fingerprint density at radius 1 is 1.39 bits per heavy atom. The van der Waals surface area contributed by atoms with Crippen molar-refractivity contribution in [3.63, 3.8) is 0 Å². The molecular formula is C21H23BBr3N3O5. The summed E-state index contributed by atoms with van der Waals surface area (Å²) in [6.45, 7) is 1.35. The van der Waals surface area contributed by atoms with Crippen LogP contribution in [-0.2, 0) is 20.8 Å². The maximum atomic E-state index is 12.5. The van der Waals surface area contributed by atoms with Crippen molar-refractivity contribution in [2.45, 2.75) is 31.0 Å². The minimum absolute atomic E-state index is 0.0678. The monoisotopic (exact) mass is 645 g/mol. The second-order valence-corrected chi connectivity index (χ2v) is 10.1. The van der Waals surface area contributed by atoms with Gasteiger partial charge < -0.3 is 30.5 Å². The second-order valence-electron chi connectivity index (χ2n) is 7.53. The second kappa shape index (κ2) is 11.4. The highest BCUT2D eigenvalue weighted by atomic mass is 79.9. The molecule has 12 heteroatoms. The van der Waals surface area contributed by atoms with Crippen LogP contribution in [0.4, 0.5) is 0 Å². The number of carbonyl (C=O) groups excluding carboxylic acids is 1. The molecule has 0 saturated carbocycles. The molecule has 0 fully saturated rings. The van der Waals surface area contributed by atoms with Crippen molar-refractivity contribution >= 4 is 67.3 Å². The van der Waals surface area contributed by atoms with Crippen LogP contribution in [0.1, 0.15) is 18.4 Å². The van der Waals surface area contributed by atoms with Crippen LogP contribution in [0.2, 0.25) is 0 Å².